The Labute approximate surface area is 433 Å². The van der Waals surface area contributed by atoms with Gasteiger partial charge in [0.1, 0.15) is 45.3 Å². The summed E-state index contributed by atoms with van der Waals surface area (Å²) in [7, 11) is 11.2. The average molecular weight is 1090 g/mol. The van der Waals surface area contributed by atoms with E-state index < -0.39 is 23.9 Å². The van der Waals surface area contributed by atoms with Crippen LogP contribution in [0.3, 0.4) is 0 Å². The zero-order chi connectivity index (χ0) is 52.2. The van der Waals surface area contributed by atoms with E-state index in [2.05, 4.69) is 20.1 Å². The minimum atomic E-state index is -1.22. The van der Waals surface area contributed by atoms with Crippen LogP contribution in [0.5, 0.6) is 23.0 Å². The van der Waals surface area contributed by atoms with E-state index >= 15 is 0 Å². The number of benzene rings is 4. The lowest BCUT2D eigenvalue weighted by atomic mass is 10.1. The number of hydrogen-bond donors (Lipinski definition) is 11. The molecule has 13 N–H and O–H groups in total. The quantitative estimate of drug-likeness (QED) is 0.0164. The number of unbranched alkanes of at least 4 members (excludes halogenated alkanes) is 2. The van der Waals surface area contributed by atoms with Gasteiger partial charge in [0.2, 0.25) is 11.8 Å². The number of carboxylic acid groups (broad SMARTS) is 2. The predicted molar refractivity (Wildman–Crippen MR) is 284 cm³/mol. The monoisotopic (exact) mass is 1080 g/mol. The lowest BCUT2D eigenvalue weighted by Gasteiger charge is -2.09. The molecule has 0 saturated carbocycles. The minimum absolute atomic E-state index is 0. The number of aromatic carboxylic acids is 2. The van der Waals surface area contributed by atoms with E-state index in [1.54, 1.807) is 6.07 Å². The van der Waals surface area contributed by atoms with Gasteiger partial charge in [-0.05, 0) is 111 Å². The number of amides is 2. The molecule has 2 amide bonds. The summed E-state index contributed by atoms with van der Waals surface area (Å²) in [6.07, 6.45) is 9.48. The largest absolute Gasteiger partial charge is 0.507 e. The lowest BCUT2D eigenvalue weighted by Crippen LogP contribution is -2.12. The molecular formula is C47H61ClN4O15S4. The number of aliphatic hydroxyl groups excluding tert-OH is 1. The Kier molecular flexibility index (Phi) is 30.7. The van der Waals surface area contributed by atoms with E-state index in [0.29, 0.717) is 35.6 Å². The van der Waals surface area contributed by atoms with Crippen molar-refractivity contribution in [3.8, 4) is 23.0 Å². The van der Waals surface area contributed by atoms with Gasteiger partial charge < -0.3 is 67.3 Å². The van der Waals surface area contributed by atoms with E-state index in [1.165, 1.54) is 105 Å². The fourth-order valence-electron chi connectivity index (χ4n) is 6.12. The number of rotatable bonds is 16. The fourth-order valence-corrected chi connectivity index (χ4v) is 12.2. The van der Waals surface area contributed by atoms with Crippen molar-refractivity contribution >= 4 is 114 Å². The Hall–Kier alpha value is -5.85. The Balaban J connectivity index is 0.000000487. The molecule has 71 heavy (non-hydrogen) atoms. The summed E-state index contributed by atoms with van der Waals surface area (Å²) in [5.74, 6) is -2.26. The van der Waals surface area contributed by atoms with Gasteiger partial charge >= 0.3 is 23.9 Å². The third-order valence-electron chi connectivity index (χ3n) is 9.69. The molecule has 0 unspecified atom stereocenters. The molecule has 390 valence electrons. The summed E-state index contributed by atoms with van der Waals surface area (Å²) < 4.78 is 9.01. The summed E-state index contributed by atoms with van der Waals surface area (Å²) in [4.78, 5) is 67.5. The van der Waals surface area contributed by atoms with Crippen molar-refractivity contribution in [3.05, 3.63) is 95.1 Å². The maximum Gasteiger partial charge on any atom is 0.341 e. The molecule has 2 atom stereocenters. The summed E-state index contributed by atoms with van der Waals surface area (Å²) in [5.41, 5.74) is 12.0. The number of nitrogens with one attached hydrogen (secondary N) is 2. The standard InChI is InChI=1S/C16H21NO4S2.C15H19NO4S2.C8H9NO3.C7H7NO3.CH4O.ClH/c1-21-16(20)13-10-11(6-7-14(13)18)17-15(19)5-3-2-4-12-8-9-22-23-12;17-13-6-5-10(9-12(13)15(19)20)16-14(18)4-2-1-3-11-7-8-21-22-11;1-12-8(11)6-4-5(9)2-3-7(6)10;8-4-1-2-6(9)5(3-4)7(10)11;1-2;/h6-7,10,12,18H,2-5,8-9H2,1H3,(H,17,19);5-6,9,11,17H,1-4,7-8H2,(H,16,18)(H,19,20);2-4,10H,9H2,1H3;1-3,9H,8H2,(H,10,11);2H,1H3;1H/t12-;11-;;;;/m00..../s1. The minimum Gasteiger partial charge on any atom is -0.507 e. The van der Waals surface area contributed by atoms with E-state index in [0.717, 1.165) is 56.1 Å². The van der Waals surface area contributed by atoms with Crippen LogP contribution >= 0.6 is 55.6 Å². The van der Waals surface area contributed by atoms with Crippen molar-refractivity contribution in [2.75, 3.05) is 54.9 Å². The Bertz CT molecular complexity index is 2350. The first-order chi connectivity index (χ1) is 33.4. The molecule has 4 aromatic rings. The number of aromatic hydroxyl groups is 4. The molecule has 19 nitrogen and oxygen atoms in total. The number of phenols is 4. The van der Waals surface area contributed by atoms with Crippen LogP contribution in [0.2, 0.25) is 0 Å². The van der Waals surface area contributed by atoms with Gasteiger partial charge in [-0.1, -0.05) is 56.0 Å². The number of anilines is 4. The summed E-state index contributed by atoms with van der Waals surface area (Å²) >= 11 is 0. The van der Waals surface area contributed by atoms with E-state index in [-0.39, 0.29) is 69.5 Å². The molecule has 24 heteroatoms. The summed E-state index contributed by atoms with van der Waals surface area (Å²) in [6.45, 7) is 0. The number of nitrogens with two attached hydrogens (primary N) is 2. The van der Waals surface area contributed by atoms with Gasteiger partial charge in [0.05, 0.1) is 14.2 Å². The molecule has 0 radical (unpaired) electrons. The number of carboxylic acids is 2. The number of carbonyl (C=O) groups excluding carboxylic acids is 4. The highest BCUT2D eigenvalue weighted by Crippen LogP contribution is 2.41. The number of methoxy groups -OCH3 is 2. The molecular weight excluding hydrogens is 1020 g/mol. The van der Waals surface area contributed by atoms with Crippen LogP contribution in [0.15, 0.2) is 72.8 Å². The first-order valence-corrected chi connectivity index (χ1v) is 26.3. The van der Waals surface area contributed by atoms with Crippen LogP contribution < -0.4 is 22.1 Å². The second kappa shape index (κ2) is 34.5. The van der Waals surface area contributed by atoms with Gasteiger partial charge in [-0.15, -0.1) is 12.4 Å². The van der Waals surface area contributed by atoms with Crippen molar-refractivity contribution in [1.29, 1.82) is 0 Å². The number of nitrogen functional groups attached to an aromatic ring is 2. The second-order valence-electron chi connectivity index (χ2n) is 14.9. The Morgan fingerprint density at radius 2 is 0.887 bits per heavy atom. The van der Waals surface area contributed by atoms with Gasteiger partial charge in [0, 0.05) is 64.7 Å². The highest BCUT2D eigenvalue weighted by molar-refractivity contribution is 8.77. The van der Waals surface area contributed by atoms with Crippen molar-refractivity contribution < 1.29 is 74.0 Å². The number of halogens is 1. The highest BCUT2D eigenvalue weighted by Gasteiger charge is 2.18. The van der Waals surface area contributed by atoms with Crippen molar-refractivity contribution in [2.24, 2.45) is 0 Å². The third kappa shape index (κ3) is 23.7. The molecule has 6 rings (SSSR count). The first kappa shape index (κ1) is 63.2. The Morgan fingerprint density at radius 1 is 0.549 bits per heavy atom. The predicted octanol–water partition coefficient (Wildman–Crippen LogP) is 9.04. The van der Waals surface area contributed by atoms with Crippen LogP contribution in [0.1, 0.15) is 106 Å². The second-order valence-corrected chi connectivity index (χ2v) is 20.4. The molecule has 2 heterocycles. The molecule has 0 aliphatic carbocycles. The maximum atomic E-state index is 11.9. The van der Waals surface area contributed by atoms with Gasteiger partial charge in [0.25, 0.3) is 0 Å². The van der Waals surface area contributed by atoms with E-state index in [1.807, 2.05) is 43.2 Å². The van der Waals surface area contributed by atoms with E-state index in [9.17, 15) is 44.1 Å². The molecule has 4 aromatic carbocycles. The van der Waals surface area contributed by atoms with Gasteiger partial charge in [-0.3, -0.25) is 9.59 Å². The SMILES string of the molecule is CO.COC(=O)c1cc(N)ccc1O.COC(=O)c1cc(NC(=O)CCCC[C@H]2CCSS2)ccc1O.Cl.Nc1ccc(O)c(C(=O)O)c1.O=C(CCCC[C@H]1CCSS1)Nc1ccc(O)c(C(=O)O)c1. The summed E-state index contributed by atoms with van der Waals surface area (Å²) in [6, 6.07) is 16.5. The van der Waals surface area contributed by atoms with Crippen LogP contribution in [0.4, 0.5) is 22.7 Å². The molecule has 2 fully saturated rings. The zero-order valence-electron chi connectivity index (χ0n) is 39.2. The van der Waals surface area contributed by atoms with Gasteiger partial charge in [-0.2, -0.15) is 0 Å². The molecule has 2 aliphatic rings. The van der Waals surface area contributed by atoms with Crippen molar-refractivity contribution in [2.45, 2.75) is 74.7 Å². The maximum absolute atomic E-state index is 11.9. The molecule has 2 aliphatic heterocycles. The van der Waals surface area contributed by atoms with E-state index in [4.69, 9.17) is 31.9 Å². The Morgan fingerprint density at radius 3 is 1.24 bits per heavy atom. The van der Waals surface area contributed by atoms with Crippen LogP contribution in [-0.2, 0) is 19.1 Å². The number of phenolic OH excluding ortho intramolecular Hbond substituents is 2. The zero-order valence-corrected chi connectivity index (χ0v) is 43.2. The highest BCUT2D eigenvalue weighted by atomic mass is 35.5. The van der Waals surface area contributed by atoms with Crippen LogP contribution in [0, 0.1) is 0 Å². The molecule has 0 bridgehead atoms. The average Bonchev–Trinajstić information content (AvgIpc) is 4.08. The number of aliphatic hydroxyl groups is 1. The van der Waals surface area contributed by atoms with Crippen LogP contribution in [0.25, 0.3) is 0 Å². The van der Waals surface area contributed by atoms with Crippen molar-refractivity contribution in [1.82, 2.24) is 0 Å². The topological polar surface area (TPSA) is 339 Å². The number of carbonyl (C=O) groups is 6. The van der Waals surface area contributed by atoms with Gasteiger partial charge in [-0.25, -0.2) is 19.2 Å². The number of esters is 2. The molecule has 0 aromatic heterocycles. The van der Waals surface area contributed by atoms with Gasteiger partial charge in [0.15, 0.2) is 0 Å². The van der Waals surface area contributed by atoms with Crippen molar-refractivity contribution in [3.63, 3.8) is 0 Å². The lowest BCUT2D eigenvalue weighted by molar-refractivity contribution is -0.117. The smallest absolute Gasteiger partial charge is 0.341 e. The number of ether oxygens (including phenoxy) is 2. The normalized spacial score (nSPS) is 14.0. The van der Waals surface area contributed by atoms with Crippen LogP contribution in [-0.4, -0.2) is 115 Å². The summed E-state index contributed by atoms with van der Waals surface area (Å²) in [5, 5.41) is 68.5. The number of hydrogen-bond acceptors (Lipinski definition) is 19. The first-order valence-electron chi connectivity index (χ1n) is 21.5. The molecule has 0 spiro atoms. The third-order valence-corrected chi connectivity index (χ3v) is 15.7. The fraction of sp³-hybridized carbons (Fsp3) is 0.362. The molecule has 2 saturated heterocycles.